The molecule has 1 aliphatic heterocycles. The minimum atomic E-state index is 0.0818. The largest absolute Gasteiger partial charge is 0.468 e. The summed E-state index contributed by atoms with van der Waals surface area (Å²) in [5.41, 5.74) is 0. The lowest BCUT2D eigenvalue weighted by Gasteiger charge is -2.23. The van der Waals surface area contributed by atoms with E-state index in [1.165, 1.54) is 0 Å². The van der Waals surface area contributed by atoms with Crippen molar-refractivity contribution in [3.05, 3.63) is 24.2 Å². The summed E-state index contributed by atoms with van der Waals surface area (Å²) in [4.78, 5) is 14.0. The predicted octanol–water partition coefficient (Wildman–Crippen LogP) is 0.608. The molecular formula is C13H21N3O2. The van der Waals surface area contributed by atoms with Crippen LogP contribution >= 0.6 is 0 Å². The Labute approximate surface area is 108 Å². The summed E-state index contributed by atoms with van der Waals surface area (Å²) in [5.74, 6) is 1.13. The maximum Gasteiger partial charge on any atom is 0.224 e. The fraction of sp³-hybridized carbons (Fsp3) is 0.615. The third kappa shape index (κ3) is 3.11. The fourth-order valence-electron chi connectivity index (χ4n) is 2.24. The molecule has 1 saturated heterocycles. The smallest absolute Gasteiger partial charge is 0.224 e. The third-order valence-corrected chi connectivity index (χ3v) is 3.40. The molecule has 0 saturated carbocycles. The van der Waals surface area contributed by atoms with Crippen LogP contribution in [0.1, 0.15) is 18.2 Å². The number of amides is 1. The number of furan rings is 1. The van der Waals surface area contributed by atoms with E-state index in [1.54, 1.807) is 6.26 Å². The van der Waals surface area contributed by atoms with Crippen LogP contribution in [-0.4, -0.2) is 44.5 Å². The fourth-order valence-corrected chi connectivity index (χ4v) is 2.24. The van der Waals surface area contributed by atoms with Crippen molar-refractivity contribution in [1.82, 2.24) is 15.5 Å². The number of rotatable bonds is 5. The van der Waals surface area contributed by atoms with E-state index in [-0.39, 0.29) is 17.9 Å². The highest BCUT2D eigenvalue weighted by Crippen LogP contribution is 2.18. The maximum absolute atomic E-state index is 11.9. The van der Waals surface area contributed by atoms with Crippen LogP contribution in [0.3, 0.4) is 0 Å². The number of likely N-dealkylation sites (N-methyl/N-ethyl adjacent to an activating group) is 1. The highest BCUT2D eigenvalue weighted by atomic mass is 16.3. The monoisotopic (exact) mass is 251 g/mol. The zero-order valence-corrected chi connectivity index (χ0v) is 11.0. The topological polar surface area (TPSA) is 57.5 Å². The van der Waals surface area contributed by atoms with Crippen molar-refractivity contribution < 1.29 is 9.21 Å². The average Bonchev–Trinajstić information content (AvgIpc) is 3.01. The Bertz CT molecular complexity index is 370. The molecule has 5 heteroatoms. The Balaban J connectivity index is 1.88. The van der Waals surface area contributed by atoms with Crippen molar-refractivity contribution in [2.24, 2.45) is 5.92 Å². The molecule has 2 N–H and O–H groups in total. The van der Waals surface area contributed by atoms with Gasteiger partial charge < -0.3 is 15.1 Å². The van der Waals surface area contributed by atoms with Gasteiger partial charge in [0.15, 0.2) is 0 Å². The Morgan fingerprint density at radius 2 is 2.50 bits per heavy atom. The minimum Gasteiger partial charge on any atom is -0.468 e. The third-order valence-electron chi connectivity index (χ3n) is 3.40. The van der Waals surface area contributed by atoms with Gasteiger partial charge in [0, 0.05) is 13.1 Å². The van der Waals surface area contributed by atoms with Crippen molar-refractivity contribution in [2.75, 3.05) is 33.7 Å². The number of hydrogen-bond donors (Lipinski definition) is 2. The van der Waals surface area contributed by atoms with Gasteiger partial charge in [-0.1, -0.05) is 0 Å². The molecule has 2 rings (SSSR count). The van der Waals surface area contributed by atoms with Gasteiger partial charge in [-0.3, -0.25) is 9.69 Å². The van der Waals surface area contributed by atoms with Crippen LogP contribution in [0.2, 0.25) is 0 Å². The molecule has 1 amide bonds. The van der Waals surface area contributed by atoms with E-state index in [0.29, 0.717) is 6.54 Å². The van der Waals surface area contributed by atoms with E-state index in [4.69, 9.17) is 4.42 Å². The summed E-state index contributed by atoms with van der Waals surface area (Å²) < 4.78 is 5.41. The average molecular weight is 251 g/mol. The van der Waals surface area contributed by atoms with E-state index in [1.807, 2.05) is 31.1 Å². The molecular weight excluding hydrogens is 230 g/mol. The number of nitrogens with one attached hydrogen (secondary N) is 2. The van der Waals surface area contributed by atoms with Gasteiger partial charge in [0.25, 0.3) is 0 Å². The highest BCUT2D eigenvalue weighted by molar-refractivity contribution is 5.79. The zero-order chi connectivity index (χ0) is 13.0. The van der Waals surface area contributed by atoms with E-state index < -0.39 is 0 Å². The first-order valence-corrected chi connectivity index (χ1v) is 6.36. The Morgan fingerprint density at radius 1 is 1.67 bits per heavy atom. The van der Waals surface area contributed by atoms with Crippen LogP contribution in [0.4, 0.5) is 0 Å². The number of carbonyl (C=O) groups excluding carboxylic acids is 1. The Morgan fingerprint density at radius 3 is 3.06 bits per heavy atom. The molecule has 1 aromatic heterocycles. The molecule has 2 heterocycles. The summed E-state index contributed by atoms with van der Waals surface area (Å²) in [5, 5.41) is 6.22. The first kappa shape index (κ1) is 13.1. The van der Waals surface area contributed by atoms with Gasteiger partial charge in [-0.25, -0.2) is 0 Å². The SMILES string of the molecule is CN(C)C(CNC(=O)C1CCNC1)c1ccco1. The molecule has 18 heavy (non-hydrogen) atoms. The molecule has 2 unspecified atom stereocenters. The van der Waals surface area contributed by atoms with Gasteiger partial charge >= 0.3 is 0 Å². The number of nitrogens with zero attached hydrogens (tertiary/aromatic N) is 1. The second-order valence-electron chi connectivity index (χ2n) is 4.93. The maximum atomic E-state index is 11.9. The van der Waals surface area contributed by atoms with Crippen molar-refractivity contribution in [3.63, 3.8) is 0 Å². The molecule has 1 aliphatic rings. The summed E-state index contributed by atoms with van der Waals surface area (Å²) in [7, 11) is 3.97. The molecule has 5 nitrogen and oxygen atoms in total. The summed E-state index contributed by atoms with van der Waals surface area (Å²) in [6.07, 6.45) is 2.59. The van der Waals surface area contributed by atoms with Gasteiger partial charge in [-0.05, 0) is 39.2 Å². The lowest BCUT2D eigenvalue weighted by molar-refractivity contribution is -0.124. The molecule has 0 aromatic carbocycles. The summed E-state index contributed by atoms with van der Waals surface area (Å²) in [6.45, 7) is 2.31. The van der Waals surface area contributed by atoms with Crippen LogP contribution in [0.25, 0.3) is 0 Å². The second kappa shape index (κ2) is 6.02. The van der Waals surface area contributed by atoms with Crippen LogP contribution < -0.4 is 10.6 Å². The van der Waals surface area contributed by atoms with Gasteiger partial charge in [-0.2, -0.15) is 0 Å². The quantitative estimate of drug-likeness (QED) is 0.805. The number of carbonyl (C=O) groups is 1. The lowest BCUT2D eigenvalue weighted by Crippen LogP contribution is -2.38. The van der Waals surface area contributed by atoms with Crippen molar-refractivity contribution in [1.29, 1.82) is 0 Å². The van der Waals surface area contributed by atoms with Gasteiger partial charge in [0.05, 0.1) is 18.2 Å². The molecule has 100 valence electrons. The van der Waals surface area contributed by atoms with Crippen molar-refractivity contribution in [3.8, 4) is 0 Å². The first-order chi connectivity index (χ1) is 8.68. The van der Waals surface area contributed by atoms with Crippen LogP contribution in [0.15, 0.2) is 22.8 Å². The number of hydrogen-bond acceptors (Lipinski definition) is 4. The molecule has 0 bridgehead atoms. The van der Waals surface area contributed by atoms with Crippen LogP contribution in [0, 0.1) is 5.92 Å². The molecule has 0 spiro atoms. The van der Waals surface area contributed by atoms with E-state index in [9.17, 15) is 4.79 Å². The summed E-state index contributed by atoms with van der Waals surface area (Å²) >= 11 is 0. The second-order valence-corrected chi connectivity index (χ2v) is 4.93. The van der Waals surface area contributed by atoms with Crippen molar-refractivity contribution >= 4 is 5.91 Å². The molecule has 1 fully saturated rings. The molecule has 1 aromatic rings. The lowest BCUT2D eigenvalue weighted by atomic mass is 10.1. The van der Waals surface area contributed by atoms with Gasteiger partial charge in [0.1, 0.15) is 5.76 Å². The molecule has 0 aliphatic carbocycles. The van der Waals surface area contributed by atoms with Crippen LogP contribution in [-0.2, 0) is 4.79 Å². The minimum absolute atomic E-state index is 0.0818. The van der Waals surface area contributed by atoms with Gasteiger partial charge in [0.2, 0.25) is 5.91 Å². The molecule has 2 atom stereocenters. The molecule has 0 radical (unpaired) electrons. The normalized spacial score (nSPS) is 21.2. The van der Waals surface area contributed by atoms with E-state index >= 15 is 0 Å². The Hall–Kier alpha value is -1.33. The van der Waals surface area contributed by atoms with E-state index in [0.717, 1.165) is 25.3 Å². The van der Waals surface area contributed by atoms with Gasteiger partial charge in [-0.15, -0.1) is 0 Å². The standard InChI is InChI=1S/C13H21N3O2/c1-16(2)11(12-4-3-7-18-12)9-15-13(17)10-5-6-14-8-10/h3-4,7,10-11,14H,5-6,8-9H2,1-2H3,(H,15,17). The summed E-state index contributed by atoms with van der Waals surface area (Å²) in [6, 6.07) is 3.89. The first-order valence-electron chi connectivity index (χ1n) is 6.36. The van der Waals surface area contributed by atoms with Crippen LogP contribution in [0.5, 0.6) is 0 Å². The highest BCUT2D eigenvalue weighted by Gasteiger charge is 2.24. The zero-order valence-electron chi connectivity index (χ0n) is 11.0. The Kier molecular flexibility index (Phi) is 4.38. The van der Waals surface area contributed by atoms with E-state index in [2.05, 4.69) is 10.6 Å². The predicted molar refractivity (Wildman–Crippen MR) is 69.1 cm³/mol. The van der Waals surface area contributed by atoms with Crippen molar-refractivity contribution in [2.45, 2.75) is 12.5 Å².